The number of rotatable bonds is 3. The van der Waals surface area contributed by atoms with Crippen molar-refractivity contribution in [1.29, 1.82) is 0 Å². The number of imidazole rings is 1. The van der Waals surface area contributed by atoms with Crippen LogP contribution in [0.3, 0.4) is 0 Å². The minimum atomic E-state index is -0.862. The molecule has 3 aromatic rings. The Hall–Kier alpha value is -2.21. The van der Waals surface area contributed by atoms with Gasteiger partial charge in [0.2, 0.25) is 0 Å². The van der Waals surface area contributed by atoms with E-state index in [1.165, 1.54) is 12.5 Å². The lowest BCUT2D eigenvalue weighted by Gasteiger charge is -2.16. The summed E-state index contributed by atoms with van der Waals surface area (Å²) in [6.45, 7) is 4.81. The van der Waals surface area contributed by atoms with Crippen LogP contribution in [0.5, 0.6) is 0 Å². The predicted molar refractivity (Wildman–Crippen MR) is 88.1 cm³/mol. The molecule has 1 aromatic carbocycles. The zero-order chi connectivity index (χ0) is 16.6. The number of hydrogen-bond acceptors (Lipinski definition) is 3. The Morgan fingerprint density at radius 3 is 3.00 bits per heavy atom. The summed E-state index contributed by atoms with van der Waals surface area (Å²) in [6, 6.07) is 3.41. The molecular weight excluding hydrogens is 307 g/mol. The first-order valence-corrected chi connectivity index (χ1v) is 8.34. The summed E-state index contributed by atoms with van der Waals surface area (Å²) in [4.78, 5) is 4.63. The van der Waals surface area contributed by atoms with Gasteiger partial charge in [-0.3, -0.25) is 4.68 Å². The summed E-state index contributed by atoms with van der Waals surface area (Å²) >= 11 is 0. The summed E-state index contributed by atoms with van der Waals surface area (Å²) in [5.41, 5.74) is 2.13. The molecule has 24 heavy (non-hydrogen) atoms. The van der Waals surface area contributed by atoms with E-state index in [-0.39, 0.29) is 5.82 Å². The number of aromatic nitrogens is 4. The molecule has 0 amide bonds. The highest BCUT2D eigenvalue weighted by Crippen LogP contribution is 2.54. The summed E-state index contributed by atoms with van der Waals surface area (Å²) in [7, 11) is 0. The first-order valence-electron chi connectivity index (χ1n) is 8.34. The minimum absolute atomic E-state index is 0.283. The van der Waals surface area contributed by atoms with Gasteiger partial charge in [0.25, 0.3) is 0 Å². The fraction of sp³-hybridized carbons (Fsp3) is 0.444. The monoisotopic (exact) mass is 326 g/mol. The average Bonchev–Trinajstić information content (AvgIpc) is 2.81. The van der Waals surface area contributed by atoms with E-state index in [0.29, 0.717) is 18.0 Å². The summed E-state index contributed by atoms with van der Waals surface area (Å²) in [6.07, 6.45) is 4.65. The molecule has 5 rings (SSSR count). The van der Waals surface area contributed by atoms with Gasteiger partial charge < -0.3 is 9.67 Å². The van der Waals surface area contributed by atoms with Gasteiger partial charge in [-0.1, -0.05) is 0 Å². The van der Waals surface area contributed by atoms with Crippen LogP contribution < -0.4 is 0 Å². The third kappa shape index (κ3) is 2.09. The van der Waals surface area contributed by atoms with E-state index in [9.17, 15) is 9.50 Å². The number of hydrogen-bond donors (Lipinski definition) is 1. The largest absolute Gasteiger partial charge is 0.389 e. The number of fused-ring (bicyclic) bond motifs is 5. The topological polar surface area (TPSA) is 55.9 Å². The zero-order valence-electron chi connectivity index (χ0n) is 13.7. The lowest BCUT2D eigenvalue weighted by atomic mass is 10.1. The Labute approximate surface area is 138 Å². The van der Waals surface area contributed by atoms with Gasteiger partial charge in [0, 0.05) is 35.9 Å². The summed E-state index contributed by atoms with van der Waals surface area (Å²) < 4.78 is 18.5. The first-order chi connectivity index (χ1) is 11.4. The maximum Gasteiger partial charge on any atom is 0.133 e. The van der Waals surface area contributed by atoms with E-state index in [1.54, 1.807) is 30.9 Å². The second-order valence-corrected chi connectivity index (χ2v) is 7.74. The third-order valence-corrected chi connectivity index (χ3v) is 5.03. The maximum absolute atomic E-state index is 14.6. The molecule has 2 atom stereocenters. The van der Waals surface area contributed by atoms with Gasteiger partial charge in [-0.2, -0.15) is 5.10 Å². The van der Waals surface area contributed by atoms with Gasteiger partial charge in [-0.05, 0) is 32.3 Å². The number of aliphatic hydroxyl groups is 1. The van der Waals surface area contributed by atoms with Gasteiger partial charge in [0.1, 0.15) is 11.6 Å². The van der Waals surface area contributed by atoms with Crippen molar-refractivity contribution in [2.45, 2.75) is 44.9 Å². The van der Waals surface area contributed by atoms with Crippen LogP contribution in [0, 0.1) is 11.7 Å². The Morgan fingerprint density at radius 1 is 1.38 bits per heavy atom. The normalized spacial score (nSPS) is 22.0. The molecule has 0 bridgehead atoms. The second-order valence-electron chi connectivity index (χ2n) is 7.74. The van der Waals surface area contributed by atoms with Gasteiger partial charge in [-0.15, -0.1) is 0 Å². The van der Waals surface area contributed by atoms with Crippen LogP contribution in [0.25, 0.3) is 22.2 Å². The SMILES string of the molecule is CC(C)(O)Cn1cc(-c2cc3c(cc2F)nc2n3C[C@H]3C[C@@H]23)cn1. The van der Waals surface area contributed by atoms with E-state index >= 15 is 0 Å². The smallest absolute Gasteiger partial charge is 0.133 e. The molecule has 5 nitrogen and oxygen atoms in total. The van der Waals surface area contributed by atoms with E-state index in [0.717, 1.165) is 34.9 Å². The highest BCUT2D eigenvalue weighted by atomic mass is 19.1. The van der Waals surface area contributed by atoms with Crippen LogP contribution in [0.15, 0.2) is 24.5 Å². The fourth-order valence-electron chi connectivity index (χ4n) is 3.85. The van der Waals surface area contributed by atoms with Gasteiger partial charge >= 0.3 is 0 Å². The van der Waals surface area contributed by atoms with Crippen molar-refractivity contribution in [1.82, 2.24) is 19.3 Å². The van der Waals surface area contributed by atoms with Crippen LogP contribution in [-0.2, 0) is 13.1 Å². The van der Waals surface area contributed by atoms with Gasteiger partial charge in [0.15, 0.2) is 0 Å². The van der Waals surface area contributed by atoms with Crippen molar-refractivity contribution in [3.63, 3.8) is 0 Å². The lowest BCUT2D eigenvalue weighted by Crippen LogP contribution is -2.26. The van der Waals surface area contributed by atoms with Crippen LogP contribution in [0.4, 0.5) is 4.39 Å². The quantitative estimate of drug-likeness (QED) is 0.805. The van der Waals surface area contributed by atoms with Crippen LogP contribution in [0.2, 0.25) is 0 Å². The highest BCUT2D eigenvalue weighted by Gasteiger charge is 2.47. The molecule has 0 radical (unpaired) electrons. The summed E-state index contributed by atoms with van der Waals surface area (Å²) in [5, 5.41) is 14.2. The highest BCUT2D eigenvalue weighted by molar-refractivity contribution is 5.83. The standard InChI is InChI=1S/C18H19FN4O/c1-18(2,24)9-22-7-11(6-20-22)12-4-16-15(5-14(12)19)21-17-13-3-10(13)8-23(16)17/h4-7,10,13,24H,3,8-9H2,1-2H3/t10-,13-/m1/s1. The van der Waals surface area contributed by atoms with Gasteiger partial charge in [0.05, 0.1) is 29.4 Å². The Balaban J connectivity index is 1.58. The van der Waals surface area contributed by atoms with E-state index in [1.807, 2.05) is 6.07 Å². The zero-order valence-corrected chi connectivity index (χ0v) is 13.7. The molecule has 1 saturated carbocycles. The first kappa shape index (κ1) is 14.2. The Bertz CT molecular complexity index is 965. The molecule has 3 heterocycles. The summed E-state index contributed by atoms with van der Waals surface area (Å²) in [5.74, 6) is 2.15. The Morgan fingerprint density at radius 2 is 2.21 bits per heavy atom. The maximum atomic E-state index is 14.6. The number of halogens is 1. The predicted octanol–water partition coefficient (Wildman–Crippen LogP) is 2.93. The van der Waals surface area contributed by atoms with Crippen molar-refractivity contribution in [2.24, 2.45) is 5.92 Å². The number of benzene rings is 1. The average molecular weight is 326 g/mol. The van der Waals surface area contributed by atoms with Crippen molar-refractivity contribution in [3.05, 3.63) is 36.2 Å². The molecule has 6 heteroatoms. The number of nitrogens with zero attached hydrogens (tertiary/aromatic N) is 4. The molecule has 2 aromatic heterocycles. The molecule has 0 saturated heterocycles. The third-order valence-electron chi connectivity index (χ3n) is 5.03. The van der Waals surface area contributed by atoms with Crippen molar-refractivity contribution in [2.75, 3.05) is 0 Å². The second kappa shape index (κ2) is 4.45. The van der Waals surface area contributed by atoms with E-state index in [4.69, 9.17) is 0 Å². The van der Waals surface area contributed by atoms with E-state index in [2.05, 4.69) is 14.6 Å². The molecule has 1 fully saturated rings. The molecule has 0 unspecified atom stereocenters. The Kier molecular flexibility index (Phi) is 2.62. The fourth-order valence-corrected chi connectivity index (χ4v) is 3.85. The van der Waals surface area contributed by atoms with E-state index < -0.39 is 5.60 Å². The van der Waals surface area contributed by atoms with Crippen LogP contribution >= 0.6 is 0 Å². The molecule has 124 valence electrons. The molecule has 1 aliphatic heterocycles. The van der Waals surface area contributed by atoms with Crippen molar-refractivity contribution in [3.8, 4) is 11.1 Å². The van der Waals surface area contributed by atoms with Crippen molar-refractivity contribution >= 4 is 11.0 Å². The van der Waals surface area contributed by atoms with Gasteiger partial charge in [-0.25, -0.2) is 9.37 Å². The van der Waals surface area contributed by atoms with Crippen molar-refractivity contribution < 1.29 is 9.50 Å². The van der Waals surface area contributed by atoms with Crippen LogP contribution in [-0.4, -0.2) is 30.0 Å². The molecule has 2 aliphatic rings. The molecule has 0 spiro atoms. The molecular formula is C18H19FN4O. The lowest BCUT2D eigenvalue weighted by molar-refractivity contribution is 0.0577. The minimum Gasteiger partial charge on any atom is -0.389 e. The molecule has 1 aliphatic carbocycles. The van der Waals surface area contributed by atoms with Crippen LogP contribution in [0.1, 0.15) is 32.0 Å². The molecule has 1 N–H and O–H groups in total.